The van der Waals surface area contributed by atoms with Gasteiger partial charge in [-0.2, -0.15) is 0 Å². The number of hydrogen-bond acceptors (Lipinski definition) is 2. The predicted octanol–water partition coefficient (Wildman–Crippen LogP) is 2.37. The molecule has 3 heteroatoms. The van der Waals surface area contributed by atoms with Gasteiger partial charge in [-0.25, -0.2) is 0 Å². The first-order valence-corrected chi connectivity index (χ1v) is 5.98. The van der Waals surface area contributed by atoms with Crippen LogP contribution in [0.25, 0.3) is 0 Å². The van der Waals surface area contributed by atoms with E-state index in [4.69, 9.17) is 4.74 Å². The normalized spacial score (nSPS) is 28.4. The molecule has 0 aromatic heterocycles. The highest BCUT2D eigenvalue weighted by Crippen LogP contribution is 2.66. The summed E-state index contributed by atoms with van der Waals surface area (Å²) in [5.74, 6) is 0.0897. The van der Waals surface area contributed by atoms with E-state index in [-0.39, 0.29) is 5.41 Å². The number of hydrogen-bond donors (Lipinski definition) is 1. The quantitative estimate of drug-likeness (QED) is 0.851. The van der Waals surface area contributed by atoms with Crippen molar-refractivity contribution in [1.82, 2.24) is 0 Å². The van der Waals surface area contributed by atoms with E-state index in [1.807, 2.05) is 32.0 Å². The number of fused-ring (bicyclic) bond motifs is 1. The van der Waals surface area contributed by atoms with Crippen LogP contribution in [-0.2, 0) is 16.6 Å². The Labute approximate surface area is 100 Å². The molecule has 1 aromatic rings. The van der Waals surface area contributed by atoms with Crippen molar-refractivity contribution in [3.63, 3.8) is 0 Å². The number of benzene rings is 1. The van der Waals surface area contributed by atoms with E-state index in [2.05, 4.69) is 0 Å². The second kappa shape index (κ2) is 3.03. The highest BCUT2D eigenvalue weighted by molar-refractivity contribution is 5.88. The third-order valence-corrected chi connectivity index (χ3v) is 4.28. The molecule has 0 spiro atoms. The molecule has 1 atom stereocenters. The summed E-state index contributed by atoms with van der Waals surface area (Å²) in [4.78, 5) is 11.6. The van der Waals surface area contributed by atoms with E-state index < -0.39 is 11.4 Å². The Kier molecular flexibility index (Phi) is 1.90. The standard InChI is InChI=1S/C14H16O3/c1-13(2)8-14(13,12(15)16)10-5-3-4-9-6-7-17-11(9)10/h3-5H,6-8H2,1-2H3,(H,15,16). The molecular weight excluding hydrogens is 216 g/mol. The lowest BCUT2D eigenvalue weighted by molar-refractivity contribution is -0.141. The summed E-state index contributed by atoms with van der Waals surface area (Å²) >= 11 is 0. The van der Waals surface area contributed by atoms with Gasteiger partial charge in [0, 0.05) is 12.0 Å². The van der Waals surface area contributed by atoms with Crippen molar-refractivity contribution in [3.05, 3.63) is 29.3 Å². The van der Waals surface area contributed by atoms with Crippen LogP contribution in [0.2, 0.25) is 0 Å². The summed E-state index contributed by atoms with van der Waals surface area (Å²) in [5.41, 5.74) is 1.08. The maximum atomic E-state index is 11.6. The molecule has 0 bridgehead atoms. The smallest absolute Gasteiger partial charge is 0.314 e. The van der Waals surface area contributed by atoms with Gasteiger partial charge in [-0.15, -0.1) is 0 Å². The van der Waals surface area contributed by atoms with Crippen LogP contribution in [0.15, 0.2) is 18.2 Å². The van der Waals surface area contributed by atoms with Crippen molar-refractivity contribution in [1.29, 1.82) is 0 Å². The molecule has 1 fully saturated rings. The Balaban J connectivity index is 2.17. The molecule has 1 N–H and O–H groups in total. The highest BCUT2D eigenvalue weighted by Gasteiger charge is 2.68. The third-order valence-electron chi connectivity index (χ3n) is 4.28. The van der Waals surface area contributed by atoms with Crippen molar-refractivity contribution >= 4 is 5.97 Å². The Morgan fingerprint density at radius 2 is 2.12 bits per heavy atom. The first-order valence-electron chi connectivity index (χ1n) is 5.98. The zero-order valence-corrected chi connectivity index (χ0v) is 10.1. The Morgan fingerprint density at radius 3 is 2.71 bits per heavy atom. The Hall–Kier alpha value is -1.51. The van der Waals surface area contributed by atoms with E-state index in [1.54, 1.807) is 0 Å². The van der Waals surface area contributed by atoms with E-state index in [0.717, 1.165) is 23.3 Å². The Bertz CT molecular complexity index is 504. The molecule has 2 aliphatic rings. The fourth-order valence-electron chi connectivity index (χ4n) is 3.11. The molecule has 1 unspecified atom stereocenters. The lowest BCUT2D eigenvalue weighted by Gasteiger charge is -2.18. The SMILES string of the molecule is CC1(C)CC1(C(=O)O)c1cccc2c1OCC2. The summed E-state index contributed by atoms with van der Waals surface area (Å²) in [6, 6.07) is 5.88. The molecule has 0 saturated heterocycles. The highest BCUT2D eigenvalue weighted by atomic mass is 16.5. The van der Waals surface area contributed by atoms with Crippen molar-refractivity contribution in [2.24, 2.45) is 5.41 Å². The van der Waals surface area contributed by atoms with Crippen LogP contribution in [-0.4, -0.2) is 17.7 Å². The fraction of sp³-hybridized carbons (Fsp3) is 0.500. The predicted molar refractivity (Wildman–Crippen MR) is 63.4 cm³/mol. The average Bonchev–Trinajstić information content (AvgIpc) is 2.67. The van der Waals surface area contributed by atoms with Gasteiger partial charge >= 0.3 is 5.97 Å². The first-order chi connectivity index (χ1) is 7.99. The maximum Gasteiger partial charge on any atom is 0.314 e. The van der Waals surface area contributed by atoms with Gasteiger partial charge in [0.2, 0.25) is 0 Å². The van der Waals surface area contributed by atoms with E-state index >= 15 is 0 Å². The zero-order chi connectivity index (χ0) is 12.3. The van der Waals surface area contributed by atoms with E-state index in [9.17, 15) is 9.90 Å². The summed E-state index contributed by atoms with van der Waals surface area (Å²) in [6.45, 7) is 4.69. The van der Waals surface area contributed by atoms with Gasteiger partial charge in [0.1, 0.15) is 11.2 Å². The minimum atomic E-state index is -0.747. The van der Waals surface area contributed by atoms with Crippen LogP contribution in [0.5, 0.6) is 5.75 Å². The van der Waals surface area contributed by atoms with Crippen LogP contribution in [0.3, 0.4) is 0 Å². The second-order valence-corrected chi connectivity index (χ2v) is 5.66. The van der Waals surface area contributed by atoms with Crippen LogP contribution >= 0.6 is 0 Å². The minimum Gasteiger partial charge on any atom is -0.493 e. The molecule has 1 saturated carbocycles. The topological polar surface area (TPSA) is 46.5 Å². The summed E-state index contributed by atoms with van der Waals surface area (Å²) in [7, 11) is 0. The van der Waals surface area contributed by atoms with E-state index in [1.165, 1.54) is 0 Å². The number of rotatable bonds is 2. The van der Waals surface area contributed by atoms with Crippen LogP contribution < -0.4 is 4.74 Å². The third kappa shape index (κ3) is 1.20. The van der Waals surface area contributed by atoms with Gasteiger partial charge in [0.15, 0.2) is 0 Å². The van der Waals surface area contributed by atoms with Crippen molar-refractivity contribution in [2.45, 2.75) is 32.1 Å². The summed E-state index contributed by atoms with van der Waals surface area (Å²) in [5, 5.41) is 9.57. The van der Waals surface area contributed by atoms with Crippen LogP contribution in [0.4, 0.5) is 0 Å². The molecule has 1 aliphatic carbocycles. The zero-order valence-electron chi connectivity index (χ0n) is 10.1. The lowest BCUT2D eigenvalue weighted by Crippen LogP contribution is -2.26. The van der Waals surface area contributed by atoms with Crippen LogP contribution in [0.1, 0.15) is 31.4 Å². The van der Waals surface area contributed by atoms with Crippen molar-refractivity contribution in [3.8, 4) is 5.75 Å². The number of carboxylic acid groups (broad SMARTS) is 1. The monoisotopic (exact) mass is 232 g/mol. The van der Waals surface area contributed by atoms with Gasteiger partial charge in [-0.1, -0.05) is 32.0 Å². The summed E-state index contributed by atoms with van der Waals surface area (Å²) in [6.07, 6.45) is 1.58. The number of carboxylic acids is 1. The van der Waals surface area contributed by atoms with Gasteiger partial charge in [-0.3, -0.25) is 4.79 Å². The molecule has 1 aliphatic heterocycles. The molecule has 1 heterocycles. The largest absolute Gasteiger partial charge is 0.493 e. The van der Waals surface area contributed by atoms with Gasteiger partial charge in [0.25, 0.3) is 0 Å². The molecule has 3 rings (SSSR count). The van der Waals surface area contributed by atoms with Crippen LogP contribution in [0, 0.1) is 5.41 Å². The minimum absolute atomic E-state index is 0.181. The number of ether oxygens (including phenoxy) is 1. The molecule has 3 nitrogen and oxygen atoms in total. The maximum absolute atomic E-state index is 11.6. The second-order valence-electron chi connectivity index (χ2n) is 5.66. The lowest BCUT2D eigenvalue weighted by atomic mass is 9.86. The molecule has 90 valence electrons. The average molecular weight is 232 g/mol. The first kappa shape index (κ1) is 10.6. The van der Waals surface area contributed by atoms with Crippen molar-refractivity contribution < 1.29 is 14.6 Å². The van der Waals surface area contributed by atoms with Gasteiger partial charge < -0.3 is 9.84 Å². The molecule has 1 aromatic carbocycles. The van der Waals surface area contributed by atoms with Crippen molar-refractivity contribution in [2.75, 3.05) is 6.61 Å². The summed E-state index contributed by atoms with van der Waals surface area (Å²) < 4.78 is 5.64. The molecule has 0 amide bonds. The number of aliphatic carboxylic acids is 1. The van der Waals surface area contributed by atoms with E-state index in [0.29, 0.717) is 13.0 Å². The van der Waals surface area contributed by atoms with Gasteiger partial charge in [0.05, 0.1) is 6.61 Å². The number of carbonyl (C=O) groups is 1. The van der Waals surface area contributed by atoms with Gasteiger partial charge in [-0.05, 0) is 17.4 Å². The fourth-order valence-corrected chi connectivity index (χ4v) is 3.11. The number of para-hydroxylation sites is 1. The Morgan fingerprint density at radius 1 is 1.41 bits per heavy atom. The molecular formula is C14H16O3. The molecule has 0 radical (unpaired) electrons. The molecule has 17 heavy (non-hydrogen) atoms.